The van der Waals surface area contributed by atoms with Crippen molar-refractivity contribution in [2.75, 3.05) is 42.2 Å². The number of thiophene rings is 1. The van der Waals surface area contributed by atoms with Crippen molar-refractivity contribution in [1.82, 2.24) is 14.5 Å². The molecule has 4 atom stereocenters. The Kier molecular flexibility index (Phi) is 12.4. The summed E-state index contributed by atoms with van der Waals surface area (Å²) in [6.07, 6.45) is 8.41. The molecule has 0 bridgehead atoms. The molecule has 10 rings (SSSR count). The van der Waals surface area contributed by atoms with E-state index < -0.39 is 52.1 Å². The molecule has 6 aliphatic rings. The third kappa shape index (κ3) is 8.85. The van der Waals surface area contributed by atoms with Crippen LogP contribution in [-0.2, 0) is 24.4 Å². The predicted molar refractivity (Wildman–Crippen MR) is 267 cm³/mol. The number of carboxylic acid groups (broad SMARTS) is 2. The van der Waals surface area contributed by atoms with Crippen LogP contribution in [0.25, 0.3) is 21.2 Å². The fourth-order valence-corrected chi connectivity index (χ4v) is 14.0. The molecule has 7 heterocycles. The number of nitrogens with zero attached hydrogens (tertiary/aromatic N) is 6. The van der Waals surface area contributed by atoms with Crippen molar-refractivity contribution in [2.24, 2.45) is 15.0 Å². The van der Waals surface area contributed by atoms with Gasteiger partial charge in [0.15, 0.2) is 17.2 Å². The highest BCUT2D eigenvalue weighted by atomic mass is 35.5. The van der Waals surface area contributed by atoms with E-state index in [9.17, 15) is 37.5 Å². The average molecular weight is 1010 g/mol. The second-order valence-electron chi connectivity index (χ2n) is 18.9. The smallest absolute Gasteiger partial charge is 0.349 e. The molecule has 3 amide bonds. The highest BCUT2D eigenvalue weighted by Crippen LogP contribution is 2.47. The lowest BCUT2D eigenvalue weighted by molar-refractivity contribution is -0.139. The number of aromatic carboxylic acids is 1. The van der Waals surface area contributed by atoms with Gasteiger partial charge in [0.1, 0.15) is 28.7 Å². The Morgan fingerprint density at radius 2 is 1.79 bits per heavy atom. The first kappa shape index (κ1) is 47.2. The van der Waals surface area contributed by atoms with E-state index in [0.29, 0.717) is 40.2 Å². The lowest BCUT2D eigenvalue weighted by Gasteiger charge is -2.45. The van der Waals surface area contributed by atoms with Crippen molar-refractivity contribution in [1.29, 1.82) is 0 Å². The van der Waals surface area contributed by atoms with Crippen molar-refractivity contribution in [3.8, 4) is 16.2 Å². The molecule has 18 nitrogen and oxygen atoms in total. The van der Waals surface area contributed by atoms with Crippen LogP contribution in [0.3, 0.4) is 0 Å². The number of aliphatic carboxylic acids is 1. The van der Waals surface area contributed by atoms with Crippen LogP contribution in [0.4, 0.5) is 11.4 Å². The third-order valence-electron chi connectivity index (χ3n) is 13.9. The van der Waals surface area contributed by atoms with Gasteiger partial charge in [-0.15, -0.1) is 11.3 Å². The van der Waals surface area contributed by atoms with Crippen molar-refractivity contribution in [3.05, 3.63) is 87.5 Å². The van der Waals surface area contributed by atoms with Crippen LogP contribution in [0.1, 0.15) is 83.9 Å². The van der Waals surface area contributed by atoms with Crippen LogP contribution in [0.15, 0.2) is 81.5 Å². The normalized spacial score (nSPS) is 23.5. The van der Waals surface area contributed by atoms with Crippen LogP contribution in [0.2, 0.25) is 5.02 Å². The summed E-state index contributed by atoms with van der Waals surface area (Å²) in [6, 6.07) is 15.3. The van der Waals surface area contributed by atoms with Crippen molar-refractivity contribution < 1.29 is 47.3 Å². The fourth-order valence-electron chi connectivity index (χ4n) is 10.7. The van der Waals surface area contributed by atoms with Crippen LogP contribution < -0.4 is 20.3 Å². The number of anilines is 2. The quantitative estimate of drug-likeness (QED) is 0.110. The van der Waals surface area contributed by atoms with E-state index in [1.807, 2.05) is 50.3 Å². The van der Waals surface area contributed by atoms with E-state index in [-0.39, 0.29) is 70.6 Å². The summed E-state index contributed by atoms with van der Waals surface area (Å²) >= 11 is 7.43. The number of hydrogen-bond donors (Lipinski definition) is 4. The number of likely N-dealkylation sites (tertiary alicyclic amines) is 1. The molecule has 4 aromatic rings. The number of ether oxygens (including phenoxy) is 1. The molecule has 0 saturated carbocycles. The number of amides is 3. The molecular weight excluding hydrogens is 960 g/mol. The summed E-state index contributed by atoms with van der Waals surface area (Å²) in [6.45, 7) is 4.76. The summed E-state index contributed by atoms with van der Waals surface area (Å²) < 4.78 is 35.1. The zero-order chi connectivity index (χ0) is 49.2. The lowest BCUT2D eigenvalue weighted by Crippen LogP contribution is -2.56. The number of hydrogen-bond acceptors (Lipinski definition) is 14. The number of benzene rings is 3. The Morgan fingerprint density at radius 3 is 2.53 bits per heavy atom. The molecule has 3 aromatic carbocycles. The largest absolute Gasteiger partial charge is 0.479 e. The van der Waals surface area contributed by atoms with Crippen molar-refractivity contribution in [2.45, 2.75) is 88.0 Å². The number of aliphatic imine (C=N–C) groups is 3. The second kappa shape index (κ2) is 18.4. The second-order valence-corrected chi connectivity index (χ2v) is 22.2. The van der Waals surface area contributed by atoms with Gasteiger partial charge in [-0.05, 0) is 98.7 Å². The molecule has 0 radical (unpaired) electrons. The first-order valence-electron chi connectivity index (χ1n) is 23.1. The minimum Gasteiger partial charge on any atom is -0.479 e. The van der Waals surface area contributed by atoms with Gasteiger partial charge in [-0.1, -0.05) is 41.9 Å². The monoisotopic (exact) mass is 1010 g/mol. The maximum Gasteiger partial charge on any atom is 0.349 e. The number of halogens is 1. The van der Waals surface area contributed by atoms with Gasteiger partial charge in [-0.2, -0.15) is 4.31 Å². The standard InChI is InChI=1S/C49H49ClN8O10S2/c1-49(2)21-29(53-28-6-3-5-27(19-28)44-42(50)43(68-24-40(60)61)45(69-44)48(64)65)15-18-57(49)70(66,67)25-30-22-51-35-23-52-38(20-34(35)54-30)56-16-13-26(14-17-56)31-9-10-36-41-32(31)7-4-8-33(41)47(63)58(36)37-11-12-39(59)55-46(37)62/h3-10,19-20,22-23,26,29,34-35,37,53H,11-18,21,24-25H2,1-2H3,(H,60,61)(H,64,65)(H,55,59,62). The van der Waals surface area contributed by atoms with Gasteiger partial charge < -0.3 is 25.2 Å². The van der Waals surface area contributed by atoms with E-state index in [2.05, 4.69) is 26.6 Å². The van der Waals surface area contributed by atoms with E-state index in [1.54, 1.807) is 39.8 Å². The van der Waals surface area contributed by atoms with Gasteiger partial charge in [-0.3, -0.25) is 34.6 Å². The number of fused-ring (bicyclic) bond motifs is 1. The number of carboxylic acids is 2. The van der Waals surface area contributed by atoms with Gasteiger partial charge in [0.25, 0.3) is 5.91 Å². The molecule has 364 valence electrons. The summed E-state index contributed by atoms with van der Waals surface area (Å²) in [5, 5.41) is 26.6. The summed E-state index contributed by atoms with van der Waals surface area (Å²) in [7, 11) is -3.83. The molecule has 0 spiro atoms. The summed E-state index contributed by atoms with van der Waals surface area (Å²) in [5.74, 6) is -3.11. The van der Waals surface area contributed by atoms with Crippen molar-refractivity contribution in [3.63, 3.8) is 0 Å². The van der Waals surface area contributed by atoms with Crippen LogP contribution in [0.5, 0.6) is 5.75 Å². The van der Waals surface area contributed by atoms with Crippen molar-refractivity contribution >= 4 is 103 Å². The highest BCUT2D eigenvalue weighted by molar-refractivity contribution is 7.90. The van der Waals surface area contributed by atoms with Crippen LogP contribution in [0, 0.1) is 0 Å². The molecule has 1 aromatic heterocycles. The minimum absolute atomic E-state index is 0.00428. The molecule has 70 heavy (non-hydrogen) atoms. The third-order valence-corrected chi connectivity index (χ3v) is 17.6. The van der Waals surface area contributed by atoms with E-state index >= 15 is 0 Å². The van der Waals surface area contributed by atoms with Gasteiger partial charge >= 0.3 is 11.9 Å². The molecule has 4 N–H and O–H groups in total. The van der Waals surface area contributed by atoms with Crippen LogP contribution >= 0.6 is 22.9 Å². The Hall–Kier alpha value is -6.48. The maximum absolute atomic E-state index is 14.2. The topological polar surface area (TPSA) is 240 Å². The predicted octanol–water partition coefficient (Wildman–Crippen LogP) is 6.20. The number of imide groups is 1. The molecule has 0 aliphatic carbocycles. The van der Waals surface area contributed by atoms with Gasteiger partial charge in [0, 0.05) is 66.7 Å². The lowest BCUT2D eigenvalue weighted by atomic mass is 9.85. The maximum atomic E-state index is 14.2. The Bertz CT molecular complexity index is 3120. The number of nitrogens with one attached hydrogen (secondary N) is 2. The van der Waals surface area contributed by atoms with E-state index in [4.69, 9.17) is 31.4 Å². The zero-order valence-corrected chi connectivity index (χ0v) is 40.5. The van der Waals surface area contributed by atoms with Gasteiger partial charge in [0.2, 0.25) is 21.8 Å². The Morgan fingerprint density at radius 1 is 1.00 bits per heavy atom. The fraction of sp³-hybridized carbons (Fsp3) is 0.388. The summed E-state index contributed by atoms with van der Waals surface area (Å²) in [4.78, 5) is 79.8. The molecule has 4 unspecified atom stereocenters. The Labute approximate surface area is 411 Å². The Balaban J connectivity index is 0.771. The molecule has 6 aliphatic heterocycles. The average Bonchev–Trinajstić information content (AvgIpc) is 3.81. The number of carbonyl (C=O) groups is 5. The highest BCUT2D eigenvalue weighted by Gasteiger charge is 2.44. The molecular formula is C49H49ClN8O10S2. The van der Waals surface area contributed by atoms with Gasteiger partial charge in [0.05, 0.1) is 22.3 Å². The first-order valence-corrected chi connectivity index (χ1v) is 25.9. The first-order chi connectivity index (χ1) is 33.5. The molecule has 3 fully saturated rings. The van der Waals surface area contributed by atoms with Crippen LogP contribution in [-0.4, -0.2) is 137 Å². The molecule has 21 heteroatoms. The summed E-state index contributed by atoms with van der Waals surface area (Å²) in [5.41, 5.74) is 3.33. The van der Waals surface area contributed by atoms with E-state index in [0.717, 1.165) is 65.1 Å². The number of carbonyl (C=O) groups excluding carboxylic acids is 3. The SMILES string of the molecule is CC1(C)CC(Nc2cccc(-c3sc(C(=O)O)c(OCC(=O)O)c3Cl)c2)CCN1S(=O)(=O)CC1=NC2C=C(N3CCC(c4ccc5c6c(cccc46)C(=O)N5C4CCC(=O)NC4=O)CC3)N=CC2N=C1. The molecule has 3 saturated heterocycles. The number of sulfonamides is 1. The number of piperidine rings is 3. The van der Waals surface area contributed by atoms with E-state index in [1.165, 1.54) is 0 Å². The van der Waals surface area contributed by atoms with Gasteiger partial charge in [-0.25, -0.2) is 23.0 Å². The minimum atomic E-state index is -3.83. The number of rotatable bonds is 13. The zero-order valence-electron chi connectivity index (χ0n) is 38.1.